The first-order chi connectivity index (χ1) is 18.4. The fourth-order valence-electron chi connectivity index (χ4n) is 4.59. The summed E-state index contributed by atoms with van der Waals surface area (Å²) in [5.41, 5.74) is 13.5. The number of primary amides is 1. The summed E-state index contributed by atoms with van der Waals surface area (Å²) >= 11 is 0. The summed E-state index contributed by atoms with van der Waals surface area (Å²) in [4.78, 5) is 51.4. The van der Waals surface area contributed by atoms with Gasteiger partial charge in [-0.15, -0.1) is 0 Å². The van der Waals surface area contributed by atoms with Crippen LogP contribution in [-0.2, 0) is 17.8 Å². The van der Waals surface area contributed by atoms with Crippen molar-refractivity contribution in [1.82, 2.24) is 16.2 Å². The maximum atomic E-state index is 13.0. The molecule has 0 bridgehead atoms. The first kappa shape index (κ1) is 24.5. The lowest BCUT2D eigenvalue weighted by Crippen LogP contribution is -2.54. The van der Waals surface area contributed by atoms with Crippen molar-refractivity contribution in [3.8, 4) is 0 Å². The van der Waals surface area contributed by atoms with E-state index in [0.29, 0.717) is 17.7 Å². The van der Waals surface area contributed by atoms with Crippen molar-refractivity contribution < 1.29 is 19.2 Å². The van der Waals surface area contributed by atoms with E-state index in [-0.39, 0.29) is 12.3 Å². The minimum absolute atomic E-state index is 0.0593. The van der Waals surface area contributed by atoms with Crippen LogP contribution >= 0.6 is 0 Å². The molecule has 5 amide bonds. The Bertz CT molecular complexity index is 1530. The Labute approximate surface area is 218 Å². The molecular weight excluding hydrogens is 482 g/mol. The molecule has 1 atom stereocenters. The number of nitrogens with two attached hydrogens (primary N) is 1. The first-order valence-corrected chi connectivity index (χ1v) is 12.0. The average molecular weight is 508 g/mol. The zero-order valence-corrected chi connectivity index (χ0v) is 20.3. The molecular formula is C29H25N5O4. The van der Waals surface area contributed by atoms with Crippen LogP contribution in [0.2, 0.25) is 0 Å². The number of hydrazine groups is 1. The third-order valence-electron chi connectivity index (χ3n) is 6.42. The number of hydrogen-bond acceptors (Lipinski definition) is 4. The molecule has 4 aromatic rings. The number of rotatable bonds is 7. The van der Waals surface area contributed by atoms with Gasteiger partial charge >= 0.3 is 6.03 Å². The highest BCUT2D eigenvalue weighted by atomic mass is 16.2. The lowest BCUT2D eigenvalue weighted by atomic mass is 10.1. The number of anilines is 1. The lowest BCUT2D eigenvalue weighted by Gasteiger charge is -2.18. The number of amides is 5. The van der Waals surface area contributed by atoms with E-state index >= 15 is 0 Å². The summed E-state index contributed by atoms with van der Waals surface area (Å²) in [5.74, 6) is -1.20. The molecule has 5 N–H and O–H groups in total. The topological polar surface area (TPSA) is 134 Å². The number of benzene rings is 4. The minimum atomic E-state index is -0.968. The van der Waals surface area contributed by atoms with Crippen molar-refractivity contribution in [3.05, 3.63) is 113 Å². The number of hydrogen-bond donors (Lipinski definition) is 4. The van der Waals surface area contributed by atoms with E-state index in [4.69, 9.17) is 5.73 Å². The Morgan fingerprint density at radius 2 is 1.50 bits per heavy atom. The summed E-state index contributed by atoms with van der Waals surface area (Å²) in [7, 11) is 0. The van der Waals surface area contributed by atoms with E-state index in [1.165, 1.54) is 0 Å². The van der Waals surface area contributed by atoms with Crippen LogP contribution in [0.4, 0.5) is 10.5 Å². The standard InChI is InChI=1S/C29H25N5O4/c30-29(38)31-23(16-18-6-2-1-3-7-18)27(36)33-32-26(35)21-14-12-19(13-15-21)17-34-24-11-5-9-20-8-4-10-22(25(20)24)28(34)37/h1-15,23H,16-17H2,(H,32,35)(H,33,36)(H3,30,31,38)/t23-/m1/s1. The van der Waals surface area contributed by atoms with Crippen LogP contribution in [0.3, 0.4) is 0 Å². The highest BCUT2D eigenvalue weighted by Gasteiger charge is 2.29. The fourth-order valence-corrected chi connectivity index (χ4v) is 4.59. The zero-order valence-electron chi connectivity index (χ0n) is 20.3. The van der Waals surface area contributed by atoms with Gasteiger partial charge < -0.3 is 16.0 Å². The van der Waals surface area contributed by atoms with Gasteiger partial charge in [0.05, 0.1) is 12.2 Å². The SMILES string of the molecule is NC(=O)N[C@H](Cc1ccccc1)C(=O)NNC(=O)c1ccc(CN2C(=O)c3cccc4cccc2c34)cc1. The molecule has 0 radical (unpaired) electrons. The van der Waals surface area contributed by atoms with Crippen LogP contribution in [0.1, 0.15) is 31.8 Å². The van der Waals surface area contributed by atoms with Crippen LogP contribution in [0.15, 0.2) is 91.0 Å². The molecule has 9 nitrogen and oxygen atoms in total. The third-order valence-corrected chi connectivity index (χ3v) is 6.42. The van der Waals surface area contributed by atoms with Crippen LogP contribution in [0, 0.1) is 0 Å². The van der Waals surface area contributed by atoms with E-state index in [0.717, 1.165) is 27.6 Å². The molecule has 9 heteroatoms. The van der Waals surface area contributed by atoms with Crippen LogP contribution in [0.25, 0.3) is 10.8 Å². The normalized spacial score (nSPS) is 12.7. The van der Waals surface area contributed by atoms with Crippen molar-refractivity contribution in [2.24, 2.45) is 5.73 Å². The molecule has 1 aliphatic heterocycles. The van der Waals surface area contributed by atoms with Crippen LogP contribution < -0.4 is 26.8 Å². The van der Waals surface area contributed by atoms with Gasteiger partial charge in [-0.3, -0.25) is 25.2 Å². The van der Waals surface area contributed by atoms with Crippen molar-refractivity contribution >= 4 is 40.2 Å². The number of nitrogens with zero attached hydrogens (tertiary/aromatic N) is 1. The smallest absolute Gasteiger partial charge is 0.312 e. The van der Waals surface area contributed by atoms with Crippen molar-refractivity contribution in [2.45, 2.75) is 19.0 Å². The number of urea groups is 1. The average Bonchev–Trinajstić information content (AvgIpc) is 3.20. The van der Waals surface area contributed by atoms with Gasteiger partial charge in [0.25, 0.3) is 17.7 Å². The Morgan fingerprint density at radius 3 is 2.21 bits per heavy atom. The van der Waals surface area contributed by atoms with Gasteiger partial charge in [-0.1, -0.05) is 66.7 Å². The number of nitrogens with one attached hydrogen (secondary N) is 3. The summed E-state index contributed by atoms with van der Waals surface area (Å²) in [6, 6.07) is 25.6. The molecule has 0 saturated carbocycles. The summed E-state index contributed by atoms with van der Waals surface area (Å²) < 4.78 is 0. The van der Waals surface area contributed by atoms with E-state index in [1.54, 1.807) is 29.2 Å². The maximum absolute atomic E-state index is 13.0. The minimum Gasteiger partial charge on any atom is -0.352 e. The molecule has 0 unspecified atom stereocenters. The predicted molar refractivity (Wildman–Crippen MR) is 143 cm³/mol. The van der Waals surface area contributed by atoms with Crippen molar-refractivity contribution in [2.75, 3.05) is 4.90 Å². The Hall–Kier alpha value is -5.18. The molecule has 5 rings (SSSR count). The second-order valence-corrected chi connectivity index (χ2v) is 8.96. The van der Waals surface area contributed by atoms with Crippen LogP contribution in [0.5, 0.6) is 0 Å². The zero-order chi connectivity index (χ0) is 26.6. The molecule has 190 valence electrons. The monoisotopic (exact) mass is 507 g/mol. The number of carbonyl (C=O) groups is 4. The van der Waals surface area contributed by atoms with E-state index < -0.39 is 23.9 Å². The van der Waals surface area contributed by atoms with Gasteiger partial charge in [0, 0.05) is 22.9 Å². The first-order valence-electron chi connectivity index (χ1n) is 12.0. The maximum Gasteiger partial charge on any atom is 0.312 e. The summed E-state index contributed by atoms with van der Waals surface area (Å²) in [5, 5.41) is 4.36. The van der Waals surface area contributed by atoms with Crippen LogP contribution in [-0.4, -0.2) is 29.8 Å². The van der Waals surface area contributed by atoms with E-state index in [1.807, 2.05) is 66.7 Å². The predicted octanol–water partition coefficient (Wildman–Crippen LogP) is 3.04. The van der Waals surface area contributed by atoms with E-state index in [9.17, 15) is 19.2 Å². The molecule has 0 aromatic heterocycles. The Kier molecular flexibility index (Phi) is 6.73. The molecule has 0 fully saturated rings. The van der Waals surface area contributed by atoms with Gasteiger partial charge in [0.2, 0.25) is 0 Å². The van der Waals surface area contributed by atoms with Crippen molar-refractivity contribution in [1.29, 1.82) is 0 Å². The molecule has 38 heavy (non-hydrogen) atoms. The Morgan fingerprint density at radius 1 is 0.789 bits per heavy atom. The molecule has 0 aliphatic carbocycles. The molecule has 1 aliphatic rings. The van der Waals surface area contributed by atoms with Gasteiger partial charge in [0.15, 0.2) is 0 Å². The third kappa shape index (κ3) is 5.03. The molecule has 0 saturated heterocycles. The number of carbonyl (C=O) groups excluding carboxylic acids is 4. The fraction of sp³-hybridized carbons (Fsp3) is 0.103. The second-order valence-electron chi connectivity index (χ2n) is 8.96. The highest BCUT2D eigenvalue weighted by molar-refractivity contribution is 6.24. The summed E-state index contributed by atoms with van der Waals surface area (Å²) in [6.07, 6.45) is 0.201. The summed E-state index contributed by atoms with van der Waals surface area (Å²) in [6.45, 7) is 0.352. The van der Waals surface area contributed by atoms with Crippen molar-refractivity contribution in [3.63, 3.8) is 0 Å². The van der Waals surface area contributed by atoms with Gasteiger partial charge in [-0.2, -0.15) is 0 Å². The molecule has 0 spiro atoms. The second kappa shape index (κ2) is 10.4. The van der Waals surface area contributed by atoms with E-state index in [2.05, 4.69) is 16.2 Å². The molecule has 4 aromatic carbocycles. The lowest BCUT2D eigenvalue weighted by molar-refractivity contribution is -0.123. The Balaban J connectivity index is 1.21. The quantitative estimate of drug-likeness (QED) is 0.286. The van der Waals surface area contributed by atoms with Gasteiger partial charge in [-0.25, -0.2) is 4.79 Å². The van der Waals surface area contributed by atoms with Gasteiger partial charge in [-0.05, 0) is 40.8 Å². The highest BCUT2D eigenvalue weighted by Crippen LogP contribution is 2.37. The molecule has 1 heterocycles. The largest absolute Gasteiger partial charge is 0.352 e. The van der Waals surface area contributed by atoms with Gasteiger partial charge in [0.1, 0.15) is 6.04 Å².